The largest absolute Gasteiger partial charge is 0.359 e. The van der Waals surface area contributed by atoms with Crippen LogP contribution in [0.25, 0.3) is 0 Å². The highest BCUT2D eigenvalue weighted by molar-refractivity contribution is 5.95. The minimum absolute atomic E-state index is 0.0943. The van der Waals surface area contributed by atoms with E-state index >= 15 is 0 Å². The molecule has 0 aromatic heterocycles. The Hall–Kier alpha value is -2.76. The molecule has 130 valence electrons. The first-order chi connectivity index (χ1) is 11.9. The first-order valence-electron chi connectivity index (χ1n) is 8.20. The highest BCUT2D eigenvalue weighted by atomic mass is 19.1. The van der Waals surface area contributed by atoms with E-state index in [1.54, 1.807) is 18.2 Å². The molecule has 1 fully saturated rings. The van der Waals surface area contributed by atoms with Crippen molar-refractivity contribution in [1.82, 2.24) is 0 Å². The van der Waals surface area contributed by atoms with Crippen LogP contribution >= 0.6 is 0 Å². The van der Waals surface area contributed by atoms with Gasteiger partial charge in [-0.15, -0.1) is 0 Å². The van der Waals surface area contributed by atoms with Gasteiger partial charge in [0.05, 0.1) is 11.0 Å². The van der Waals surface area contributed by atoms with E-state index in [4.69, 9.17) is 0 Å². The van der Waals surface area contributed by atoms with Crippen LogP contribution < -0.4 is 4.90 Å². The summed E-state index contributed by atoms with van der Waals surface area (Å²) in [6.45, 7) is 4.08. The van der Waals surface area contributed by atoms with Gasteiger partial charge in [0.15, 0.2) is 5.78 Å². The number of hydrogen-bond acceptors (Lipinski definition) is 4. The monoisotopic (exact) mass is 342 g/mol. The van der Waals surface area contributed by atoms with Gasteiger partial charge < -0.3 is 4.90 Å². The number of rotatable bonds is 4. The maximum atomic E-state index is 13.7. The van der Waals surface area contributed by atoms with Crippen molar-refractivity contribution in [1.29, 1.82) is 0 Å². The Bertz CT molecular complexity index is 837. The number of nitrogens with zero attached hydrogens (tertiary/aromatic N) is 2. The van der Waals surface area contributed by atoms with Crippen LogP contribution in [0.15, 0.2) is 42.5 Å². The molecule has 25 heavy (non-hydrogen) atoms. The Kier molecular flexibility index (Phi) is 4.53. The lowest BCUT2D eigenvalue weighted by molar-refractivity contribution is -0.384. The summed E-state index contributed by atoms with van der Waals surface area (Å²) in [5, 5.41) is 11.5. The van der Waals surface area contributed by atoms with Crippen molar-refractivity contribution < 1.29 is 14.1 Å². The number of Topliss-reactive ketones (excluding diaryl/α,β-unsaturated/α-hetero) is 1. The number of halogens is 1. The molecule has 1 aliphatic rings. The number of anilines is 1. The van der Waals surface area contributed by atoms with Crippen LogP contribution in [0.5, 0.6) is 0 Å². The summed E-state index contributed by atoms with van der Waals surface area (Å²) in [5.41, 5.74) is 1.48. The molecule has 1 aliphatic heterocycles. The fraction of sp³-hybridized carbons (Fsp3) is 0.316. The van der Waals surface area contributed by atoms with Gasteiger partial charge in [-0.1, -0.05) is 19.1 Å². The second-order valence-corrected chi connectivity index (χ2v) is 6.48. The fourth-order valence-electron chi connectivity index (χ4n) is 3.55. The molecule has 0 N–H and O–H groups in total. The van der Waals surface area contributed by atoms with Crippen LogP contribution in [-0.2, 0) is 0 Å². The van der Waals surface area contributed by atoms with Crippen LogP contribution in [-0.4, -0.2) is 17.3 Å². The van der Waals surface area contributed by atoms with Crippen molar-refractivity contribution in [3.8, 4) is 0 Å². The van der Waals surface area contributed by atoms with E-state index in [1.807, 2.05) is 11.0 Å². The zero-order valence-corrected chi connectivity index (χ0v) is 14.1. The summed E-state index contributed by atoms with van der Waals surface area (Å²) < 4.78 is 13.7. The zero-order chi connectivity index (χ0) is 18.1. The Morgan fingerprint density at radius 3 is 2.68 bits per heavy atom. The third kappa shape index (κ3) is 3.24. The Morgan fingerprint density at radius 1 is 1.28 bits per heavy atom. The molecule has 1 heterocycles. The molecule has 0 bridgehead atoms. The third-order valence-electron chi connectivity index (χ3n) is 4.78. The summed E-state index contributed by atoms with van der Waals surface area (Å²) in [5.74, 6) is -0.307. The van der Waals surface area contributed by atoms with Crippen molar-refractivity contribution in [2.45, 2.75) is 26.3 Å². The van der Waals surface area contributed by atoms with E-state index in [-0.39, 0.29) is 29.2 Å². The molecule has 2 aromatic carbocycles. The summed E-state index contributed by atoms with van der Waals surface area (Å²) in [6, 6.07) is 10.8. The molecule has 2 atom stereocenters. The number of ketones is 1. The second kappa shape index (κ2) is 6.63. The average molecular weight is 342 g/mol. The van der Waals surface area contributed by atoms with E-state index in [1.165, 1.54) is 25.1 Å². The van der Waals surface area contributed by atoms with Crippen LogP contribution in [0.4, 0.5) is 15.8 Å². The SMILES string of the molecule is CC(=O)c1ccc(N2CCC(C)C2c2cccc(F)c2)c([N+](=O)[O-])c1. The molecule has 0 aliphatic carbocycles. The van der Waals surface area contributed by atoms with Gasteiger partial charge in [-0.05, 0) is 49.1 Å². The number of carbonyl (C=O) groups excluding carboxylic acids is 1. The second-order valence-electron chi connectivity index (χ2n) is 6.48. The van der Waals surface area contributed by atoms with Crippen molar-refractivity contribution >= 4 is 17.2 Å². The van der Waals surface area contributed by atoms with Gasteiger partial charge in [-0.25, -0.2) is 4.39 Å². The number of benzene rings is 2. The normalized spacial score (nSPS) is 19.9. The predicted octanol–water partition coefficient (Wildman–Crippen LogP) is 4.52. The van der Waals surface area contributed by atoms with E-state index in [9.17, 15) is 19.3 Å². The molecule has 0 saturated carbocycles. The zero-order valence-electron chi connectivity index (χ0n) is 14.1. The maximum absolute atomic E-state index is 13.7. The molecule has 5 nitrogen and oxygen atoms in total. The van der Waals surface area contributed by atoms with E-state index in [2.05, 4.69) is 6.92 Å². The lowest BCUT2D eigenvalue weighted by atomic mass is 9.95. The van der Waals surface area contributed by atoms with E-state index < -0.39 is 4.92 Å². The molecule has 2 aromatic rings. The Morgan fingerprint density at radius 2 is 2.04 bits per heavy atom. The molecule has 0 radical (unpaired) electrons. The quantitative estimate of drug-likeness (QED) is 0.465. The number of nitro groups is 1. The van der Waals surface area contributed by atoms with E-state index in [0.29, 0.717) is 17.8 Å². The number of hydrogen-bond donors (Lipinski definition) is 0. The van der Waals surface area contributed by atoms with Crippen LogP contribution in [0.2, 0.25) is 0 Å². The average Bonchev–Trinajstić information content (AvgIpc) is 2.95. The molecule has 0 amide bonds. The van der Waals surface area contributed by atoms with Gasteiger partial charge >= 0.3 is 0 Å². The maximum Gasteiger partial charge on any atom is 0.293 e. The van der Waals surface area contributed by atoms with Gasteiger partial charge in [0, 0.05) is 18.2 Å². The van der Waals surface area contributed by atoms with Gasteiger partial charge in [-0.2, -0.15) is 0 Å². The van der Waals surface area contributed by atoms with Crippen molar-refractivity contribution in [2.24, 2.45) is 5.92 Å². The molecular weight excluding hydrogens is 323 g/mol. The number of carbonyl (C=O) groups is 1. The van der Waals surface area contributed by atoms with Crippen molar-refractivity contribution in [3.63, 3.8) is 0 Å². The minimum atomic E-state index is -0.465. The first kappa shape index (κ1) is 17.1. The van der Waals surface area contributed by atoms with Gasteiger partial charge in [0.25, 0.3) is 5.69 Å². The van der Waals surface area contributed by atoms with Crippen LogP contribution in [0.1, 0.15) is 42.2 Å². The smallest absolute Gasteiger partial charge is 0.293 e. The van der Waals surface area contributed by atoms with Gasteiger partial charge in [0.1, 0.15) is 11.5 Å². The Balaban J connectivity index is 2.08. The van der Waals surface area contributed by atoms with Crippen LogP contribution in [0, 0.1) is 21.8 Å². The molecule has 6 heteroatoms. The highest BCUT2D eigenvalue weighted by Crippen LogP contribution is 2.43. The molecule has 2 unspecified atom stereocenters. The summed E-state index contributed by atoms with van der Waals surface area (Å²) in [7, 11) is 0. The topological polar surface area (TPSA) is 63.5 Å². The van der Waals surface area contributed by atoms with Crippen molar-refractivity contribution in [2.75, 3.05) is 11.4 Å². The summed E-state index contributed by atoms with van der Waals surface area (Å²) >= 11 is 0. The van der Waals surface area contributed by atoms with Gasteiger partial charge in [0.2, 0.25) is 0 Å². The van der Waals surface area contributed by atoms with Crippen molar-refractivity contribution in [3.05, 3.63) is 69.5 Å². The summed E-state index contributed by atoms with van der Waals surface area (Å²) in [6.07, 6.45) is 0.854. The standard InChI is InChI=1S/C19H19FN2O3/c1-12-8-9-21(19(12)15-4-3-5-16(20)10-15)17-7-6-14(13(2)23)11-18(17)22(24)25/h3-7,10-12,19H,8-9H2,1-2H3. The summed E-state index contributed by atoms with van der Waals surface area (Å²) in [4.78, 5) is 24.6. The molecular formula is C19H19FN2O3. The Labute approximate surface area is 145 Å². The third-order valence-corrected chi connectivity index (χ3v) is 4.78. The van der Waals surface area contributed by atoms with Crippen LogP contribution in [0.3, 0.4) is 0 Å². The van der Waals surface area contributed by atoms with Gasteiger partial charge in [-0.3, -0.25) is 14.9 Å². The molecule has 1 saturated heterocycles. The van der Waals surface area contributed by atoms with E-state index in [0.717, 1.165) is 12.0 Å². The lowest BCUT2D eigenvalue weighted by Gasteiger charge is -2.29. The lowest BCUT2D eigenvalue weighted by Crippen LogP contribution is -2.25. The predicted molar refractivity (Wildman–Crippen MR) is 93.4 cm³/mol. The molecule has 3 rings (SSSR count). The highest BCUT2D eigenvalue weighted by Gasteiger charge is 2.36. The first-order valence-corrected chi connectivity index (χ1v) is 8.20. The minimum Gasteiger partial charge on any atom is -0.359 e. The molecule has 0 spiro atoms. The fourth-order valence-corrected chi connectivity index (χ4v) is 3.55. The number of nitro benzene ring substituents is 1.